The minimum Gasteiger partial charge on any atom is -0.432 e. The maximum Gasteiger partial charge on any atom is 0.258 e. The molecule has 0 aliphatic heterocycles. The van der Waals surface area contributed by atoms with Gasteiger partial charge in [-0.2, -0.15) is 0 Å². The van der Waals surface area contributed by atoms with Gasteiger partial charge in [-0.3, -0.25) is 4.79 Å². The van der Waals surface area contributed by atoms with Gasteiger partial charge in [0.1, 0.15) is 5.52 Å². The Morgan fingerprint density at radius 1 is 1.54 bits per heavy atom. The molecule has 0 unspecified atom stereocenters. The Morgan fingerprint density at radius 2 is 2.31 bits per heavy atom. The molecule has 2 rings (SSSR count). The van der Waals surface area contributed by atoms with Crippen LogP contribution in [0.2, 0.25) is 0 Å². The Balaban J connectivity index is 2.82. The summed E-state index contributed by atoms with van der Waals surface area (Å²) in [6, 6.07) is 5.09. The second-order valence-corrected chi connectivity index (χ2v) is 3.41. The van der Waals surface area contributed by atoms with E-state index < -0.39 is 5.91 Å². The Bertz CT molecular complexity index is 478. The summed E-state index contributed by atoms with van der Waals surface area (Å²) < 4.78 is 5.73. The number of fused-ring (bicyclic) bond motifs is 1. The molecule has 0 fully saturated rings. The summed E-state index contributed by atoms with van der Waals surface area (Å²) in [6.07, 6.45) is 0. The maximum atomic E-state index is 11.0. The first-order valence-electron chi connectivity index (χ1n) is 3.53. The molecular formula is C8H5IN2O2. The van der Waals surface area contributed by atoms with Gasteiger partial charge in [0.15, 0.2) is 5.58 Å². The number of oxazole rings is 1. The van der Waals surface area contributed by atoms with Crippen LogP contribution in [0.3, 0.4) is 0 Å². The van der Waals surface area contributed by atoms with Gasteiger partial charge in [0.25, 0.3) is 9.80 Å². The van der Waals surface area contributed by atoms with Crippen LogP contribution in [0, 0.1) is 3.90 Å². The number of nitrogens with zero attached hydrogens (tertiary/aromatic N) is 1. The van der Waals surface area contributed by atoms with E-state index in [0.29, 0.717) is 20.6 Å². The lowest BCUT2D eigenvalue weighted by Crippen LogP contribution is -2.11. The first-order chi connectivity index (χ1) is 6.18. The second kappa shape index (κ2) is 2.99. The van der Waals surface area contributed by atoms with Crippen molar-refractivity contribution in [2.45, 2.75) is 0 Å². The average Bonchev–Trinajstić information content (AvgIpc) is 2.43. The van der Waals surface area contributed by atoms with E-state index in [-0.39, 0.29) is 0 Å². The highest BCUT2D eigenvalue weighted by atomic mass is 127. The highest BCUT2D eigenvalue weighted by molar-refractivity contribution is 14.1. The van der Waals surface area contributed by atoms with Gasteiger partial charge in [-0.25, -0.2) is 4.98 Å². The van der Waals surface area contributed by atoms with Crippen molar-refractivity contribution in [2.75, 3.05) is 0 Å². The van der Waals surface area contributed by atoms with Crippen LogP contribution in [0.4, 0.5) is 0 Å². The monoisotopic (exact) mass is 288 g/mol. The molecular weight excluding hydrogens is 283 g/mol. The lowest BCUT2D eigenvalue weighted by molar-refractivity contribution is 0.100. The van der Waals surface area contributed by atoms with Gasteiger partial charge in [-0.1, -0.05) is 6.07 Å². The summed E-state index contributed by atoms with van der Waals surface area (Å²) in [7, 11) is 0. The van der Waals surface area contributed by atoms with Gasteiger partial charge in [0.05, 0.1) is 5.56 Å². The van der Waals surface area contributed by atoms with Crippen LogP contribution in [0.5, 0.6) is 0 Å². The van der Waals surface area contributed by atoms with Gasteiger partial charge >= 0.3 is 0 Å². The van der Waals surface area contributed by atoms with Crippen LogP contribution < -0.4 is 5.73 Å². The number of nitrogens with two attached hydrogens (primary N) is 1. The van der Waals surface area contributed by atoms with Gasteiger partial charge in [-0.05, 0) is 12.1 Å². The molecule has 1 aromatic heterocycles. The van der Waals surface area contributed by atoms with Crippen LogP contribution in [0.15, 0.2) is 22.6 Å². The zero-order chi connectivity index (χ0) is 9.42. The van der Waals surface area contributed by atoms with Crippen LogP contribution in [0.25, 0.3) is 11.1 Å². The molecule has 0 aliphatic rings. The Labute approximate surface area is 87.3 Å². The van der Waals surface area contributed by atoms with Crippen molar-refractivity contribution in [3.8, 4) is 0 Å². The van der Waals surface area contributed by atoms with Crippen molar-refractivity contribution >= 4 is 39.6 Å². The molecule has 4 nitrogen and oxygen atoms in total. The lowest BCUT2D eigenvalue weighted by Gasteiger charge is -1.93. The van der Waals surface area contributed by atoms with E-state index in [1.807, 2.05) is 22.6 Å². The quantitative estimate of drug-likeness (QED) is 0.809. The van der Waals surface area contributed by atoms with Crippen molar-refractivity contribution in [1.82, 2.24) is 4.98 Å². The fourth-order valence-corrected chi connectivity index (χ4v) is 1.60. The SMILES string of the molecule is NC(=O)c1cccc2oc(I)nc12. The van der Waals surface area contributed by atoms with E-state index in [2.05, 4.69) is 4.98 Å². The fourth-order valence-electron chi connectivity index (χ4n) is 1.12. The van der Waals surface area contributed by atoms with E-state index in [4.69, 9.17) is 10.2 Å². The lowest BCUT2D eigenvalue weighted by atomic mass is 10.2. The van der Waals surface area contributed by atoms with E-state index in [0.717, 1.165) is 0 Å². The molecule has 66 valence electrons. The molecule has 0 atom stereocenters. The maximum absolute atomic E-state index is 11.0. The van der Waals surface area contributed by atoms with Crippen LogP contribution >= 0.6 is 22.6 Å². The predicted octanol–water partition coefficient (Wildman–Crippen LogP) is 1.53. The molecule has 2 aromatic rings. The summed E-state index contributed by atoms with van der Waals surface area (Å²) in [6.45, 7) is 0. The van der Waals surface area contributed by atoms with Crippen molar-refractivity contribution < 1.29 is 9.21 Å². The molecule has 1 amide bonds. The van der Waals surface area contributed by atoms with E-state index in [1.165, 1.54) is 0 Å². The number of hydrogen-bond acceptors (Lipinski definition) is 3. The molecule has 0 bridgehead atoms. The number of halogens is 1. The third-order valence-corrected chi connectivity index (χ3v) is 2.12. The molecule has 5 heteroatoms. The summed E-state index contributed by atoms with van der Waals surface area (Å²) in [4.78, 5) is 15.0. The number of carbonyl (C=O) groups is 1. The van der Waals surface area contributed by atoms with E-state index >= 15 is 0 Å². The summed E-state index contributed by atoms with van der Waals surface area (Å²) in [5, 5.41) is 0. The van der Waals surface area contributed by atoms with Crippen LogP contribution in [-0.4, -0.2) is 10.9 Å². The number of amides is 1. The minimum absolute atomic E-state index is 0.393. The van der Waals surface area contributed by atoms with Crippen molar-refractivity contribution in [3.05, 3.63) is 27.7 Å². The molecule has 13 heavy (non-hydrogen) atoms. The molecule has 2 N–H and O–H groups in total. The van der Waals surface area contributed by atoms with Crippen molar-refractivity contribution in [1.29, 1.82) is 0 Å². The summed E-state index contributed by atoms with van der Waals surface area (Å²) in [5.74, 6) is -0.490. The molecule has 0 radical (unpaired) electrons. The Morgan fingerprint density at radius 3 is 3.00 bits per heavy atom. The number of para-hydroxylation sites is 1. The second-order valence-electron chi connectivity index (χ2n) is 2.48. The van der Waals surface area contributed by atoms with E-state index in [1.54, 1.807) is 18.2 Å². The number of primary amides is 1. The van der Waals surface area contributed by atoms with E-state index in [9.17, 15) is 4.79 Å². The molecule has 1 aromatic carbocycles. The van der Waals surface area contributed by atoms with Gasteiger partial charge in [0.2, 0.25) is 0 Å². The molecule has 0 saturated heterocycles. The molecule has 0 spiro atoms. The fraction of sp³-hybridized carbons (Fsp3) is 0. The largest absolute Gasteiger partial charge is 0.432 e. The molecule has 0 saturated carbocycles. The number of hydrogen-bond donors (Lipinski definition) is 1. The Hall–Kier alpha value is -1.11. The zero-order valence-electron chi connectivity index (χ0n) is 6.45. The summed E-state index contributed by atoms with van der Waals surface area (Å²) in [5.41, 5.74) is 6.67. The van der Waals surface area contributed by atoms with Gasteiger partial charge < -0.3 is 10.2 Å². The highest BCUT2D eigenvalue weighted by Gasteiger charge is 2.10. The van der Waals surface area contributed by atoms with Crippen molar-refractivity contribution in [2.24, 2.45) is 5.73 Å². The number of benzene rings is 1. The van der Waals surface area contributed by atoms with Crippen LogP contribution in [-0.2, 0) is 0 Å². The third-order valence-electron chi connectivity index (χ3n) is 1.66. The first kappa shape index (κ1) is 8.49. The number of rotatable bonds is 1. The molecule has 0 aliphatic carbocycles. The molecule has 1 heterocycles. The Kier molecular flexibility index (Phi) is 1.95. The van der Waals surface area contributed by atoms with Crippen molar-refractivity contribution in [3.63, 3.8) is 0 Å². The normalized spacial score (nSPS) is 10.5. The highest BCUT2D eigenvalue weighted by Crippen LogP contribution is 2.19. The first-order valence-corrected chi connectivity index (χ1v) is 4.61. The van der Waals surface area contributed by atoms with Gasteiger partial charge in [-0.15, -0.1) is 0 Å². The van der Waals surface area contributed by atoms with Gasteiger partial charge in [0, 0.05) is 22.6 Å². The topological polar surface area (TPSA) is 69.1 Å². The minimum atomic E-state index is -0.490. The zero-order valence-corrected chi connectivity index (χ0v) is 8.61. The number of aromatic nitrogens is 1. The standard InChI is InChI=1S/C8H5IN2O2/c9-8-11-6-4(7(10)12)2-1-3-5(6)13-8/h1-3H,(H2,10,12). The summed E-state index contributed by atoms with van der Waals surface area (Å²) >= 11 is 1.94. The van der Waals surface area contributed by atoms with Crippen LogP contribution in [0.1, 0.15) is 10.4 Å². The smallest absolute Gasteiger partial charge is 0.258 e. The average molecular weight is 288 g/mol. The number of carbonyl (C=O) groups excluding carboxylic acids is 1. The third kappa shape index (κ3) is 1.39. The predicted molar refractivity (Wildman–Crippen MR) is 55.2 cm³/mol.